The van der Waals surface area contributed by atoms with E-state index in [2.05, 4.69) is 10.6 Å². The van der Waals surface area contributed by atoms with E-state index in [1.807, 2.05) is 45.9 Å². The molecule has 1 aromatic rings. The zero-order chi connectivity index (χ0) is 18.3. The summed E-state index contributed by atoms with van der Waals surface area (Å²) in [6.45, 7) is 9.54. The largest absolute Gasteiger partial charge is 0.493 e. The summed E-state index contributed by atoms with van der Waals surface area (Å²) in [5.41, 5.74) is 0.897. The lowest BCUT2D eigenvalue weighted by atomic mass is 10.0. The van der Waals surface area contributed by atoms with E-state index in [9.17, 15) is 9.59 Å². The second kappa shape index (κ2) is 9.15. The minimum Gasteiger partial charge on any atom is -0.493 e. The van der Waals surface area contributed by atoms with Gasteiger partial charge in [-0.25, -0.2) is 0 Å². The quantitative estimate of drug-likeness (QED) is 0.764. The highest BCUT2D eigenvalue weighted by atomic mass is 16.5. The van der Waals surface area contributed by atoms with Crippen LogP contribution in [-0.4, -0.2) is 31.6 Å². The van der Waals surface area contributed by atoms with Crippen LogP contribution in [0.1, 0.15) is 46.2 Å². The van der Waals surface area contributed by atoms with Gasteiger partial charge in [-0.1, -0.05) is 19.9 Å². The van der Waals surface area contributed by atoms with E-state index in [1.54, 1.807) is 7.11 Å². The van der Waals surface area contributed by atoms with Gasteiger partial charge in [0.2, 0.25) is 11.8 Å². The van der Waals surface area contributed by atoms with Gasteiger partial charge in [0.25, 0.3) is 0 Å². The minimum atomic E-state index is -0.561. The Morgan fingerprint density at radius 1 is 1.12 bits per heavy atom. The molecule has 0 aliphatic rings. The summed E-state index contributed by atoms with van der Waals surface area (Å²) in [4.78, 5) is 23.7. The molecule has 2 unspecified atom stereocenters. The molecule has 0 fully saturated rings. The van der Waals surface area contributed by atoms with Crippen molar-refractivity contribution in [2.75, 3.05) is 13.7 Å². The number of amides is 2. The minimum absolute atomic E-state index is 0.00373. The summed E-state index contributed by atoms with van der Waals surface area (Å²) in [6, 6.07) is 4.78. The van der Waals surface area contributed by atoms with Gasteiger partial charge in [-0.15, -0.1) is 0 Å². The Morgan fingerprint density at radius 3 is 2.29 bits per heavy atom. The fourth-order valence-electron chi connectivity index (χ4n) is 2.37. The Hall–Kier alpha value is -2.24. The second-order valence-corrected chi connectivity index (χ2v) is 6.00. The lowest BCUT2D eigenvalue weighted by Gasteiger charge is -2.24. The van der Waals surface area contributed by atoms with Gasteiger partial charge in [0, 0.05) is 6.92 Å². The van der Waals surface area contributed by atoms with Crippen LogP contribution in [0, 0.1) is 5.92 Å². The molecule has 0 radical (unpaired) electrons. The fourth-order valence-corrected chi connectivity index (χ4v) is 2.37. The van der Waals surface area contributed by atoms with Gasteiger partial charge in [0.15, 0.2) is 11.5 Å². The van der Waals surface area contributed by atoms with E-state index in [4.69, 9.17) is 9.47 Å². The molecule has 0 aliphatic carbocycles. The van der Waals surface area contributed by atoms with E-state index >= 15 is 0 Å². The van der Waals surface area contributed by atoms with E-state index in [1.165, 1.54) is 6.92 Å². The molecule has 0 bridgehead atoms. The average Bonchev–Trinajstić information content (AvgIpc) is 2.52. The molecule has 6 nitrogen and oxygen atoms in total. The predicted octanol–water partition coefficient (Wildman–Crippen LogP) is 2.43. The SMILES string of the molecule is CCOc1ccc(C(C)NC(=O)C(NC(C)=O)C(C)C)cc1OC. The van der Waals surface area contributed by atoms with Crippen molar-refractivity contribution in [2.24, 2.45) is 5.92 Å². The van der Waals surface area contributed by atoms with Crippen molar-refractivity contribution in [2.45, 2.75) is 46.7 Å². The van der Waals surface area contributed by atoms with Crippen molar-refractivity contribution in [3.05, 3.63) is 23.8 Å². The number of nitrogens with one attached hydrogen (secondary N) is 2. The van der Waals surface area contributed by atoms with Crippen LogP contribution in [0.3, 0.4) is 0 Å². The smallest absolute Gasteiger partial charge is 0.243 e. The van der Waals surface area contributed by atoms with Crippen LogP contribution in [0.25, 0.3) is 0 Å². The van der Waals surface area contributed by atoms with E-state index < -0.39 is 6.04 Å². The molecule has 24 heavy (non-hydrogen) atoms. The second-order valence-electron chi connectivity index (χ2n) is 6.00. The molecule has 2 N–H and O–H groups in total. The van der Waals surface area contributed by atoms with Crippen LogP contribution < -0.4 is 20.1 Å². The summed E-state index contributed by atoms with van der Waals surface area (Å²) >= 11 is 0. The van der Waals surface area contributed by atoms with Crippen LogP contribution in [0.2, 0.25) is 0 Å². The third-order valence-corrected chi connectivity index (χ3v) is 3.65. The maximum absolute atomic E-state index is 12.4. The van der Waals surface area contributed by atoms with E-state index in [0.29, 0.717) is 18.1 Å². The van der Waals surface area contributed by atoms with Crippen molar-refractivity contribution in [1.29, 1.82) is 0 Å². The summed E-state index contributed by atoms with van der Waals surface area (Å²) in [7, 11) is 1.58. The number of methoxy groups -OCH3 is 1. The molecule has 0 heterocycles. The summed E-state index contributed by atoms with van der Waals surface area (Å²) in [5.74, 6) is 0.856. The summed E-state index contributed by atoms with van der Waals surface area (Å²) in [5, 5.41) is 5.62. The van der Waals surface area contributed by atoms with E-state index in [0.717, 1.165) is 5.56 Å². The maximum atomic E-state index is 12.4. The lowest BCUT2D eigenvalue weighted by molar-refractivity contribution is -0.129. The molecule has 1 aromatic carbocycles. The van der Waals surface area contributed by atoms with Crippen LogP contribution >= 0.6 is 0 Å². The lowest BCUT2D eigenvalue weighted by Crippen LogP contribution is -2.49. The van der Waals surface area contributed by atoms with Gasteiger partial charge in [-0.05, 0) is 37.5 Å². The monoisotopic (exact) mass is 336 g/mol. The number of carbonyl (C=O) groups excluding carboxylic acids is 2. The number of benzene rings is 1. The fraction of sp³-hybridized carbons (Fsp3) is 0.556. The highest BCUT2D eigenvalue weighted by Gasteiger charge is 2.24. The first-order valence-corrected chi connectivity index (χ1v) is 8.18. The number of hydrogen-bond acceptors (Lipinski definition) is 4. The Morgan fingerprint density at radius 2 is 1.79 bits per heavy atom. The predicted molar refractivity (Wildman–Crippen MR) is 93.2 cm³/mol. The number of rotatable bonds is 8. The molecular weight excluding hydrogens is 308 g/mol. The molecular formula is C18H28N2O4. The normalized spacial score (nSPS) is 13.1. The zero-order valence-corrected chi connectivity index (χ0v) is 15.3. The van der Waals surface area contributed by atoms with Crippen molar-refractivity contribution >= 4 is 11.8 Å². The van der Waals surface area contributed by atoms with Crippen molar-refractivity contribution in [3.8, 4) is 11.5 Å². The molecule has 0 aromatic heterocycles. The van der Waals surface area contributed by atoms with Crippen LogP contribution in [0.4, 0.5) is 0 Å². The average molecular weight is 336 g/mol. The molecule has 2 amide bonds. The Balaban J connectivity index is 2.87. The molecule has 134 valence electrons. The van der Waals surface area contributed by atoms with Crippen LogP contribution in [0.15, 0.2) is 18.2 Å². The first-order chi connectivity index (χ1) is 11.3. The number of hydrogen-bond donors (Lipinski definition) is 2. The molecule has 0 spiro atoms. The summed E-state index contributed by atoms with van der Waals surface area (Å²) < 4.78 is 10.8. The van der Waals surface area contributed by atoms with Gasteiger partial charge in [0.05, 0.1) is 19.8 Å². The maximum Gasteiger partial charge on any atom is 0.243 e. The summed E-state index contributed by atoms with van der Waals surface area (Å²) in [6.07, 6.45) is 0. The molecule has 0 aliphatic heterocycles. The number of carbonyl (C=O) groups is 2. The van der Waals surface area contributed by atoms with Gasteiger partial charge in [0.1, 0.15) is 6.04 Å². The van der Waals surface area contributed by atoms with Gasteiger partial charge in [-0.2, -0.15) is 0 Å². The van der Waals surface area contributed by atoms with Crippen molar-refractivity contribution in [1.82, 2.24) is 10.6 Å². The van der Waals surface area contributed by atoms with Gasteiger partial charge < -0.3 is 20.1 Å². The zero-order valence-electron chi connectivity index (χ0n) is 15.3. The first kappa shape index (κ1) is 19.8. The Bertz CT molecular complexity index is 572. The van der Waals surface area contributed by atoms with Gasteiger partial charge in [-0.3, -0.25) is 9.59 Å². The molecule has 2 atom stereocenters. The number of ether oxygens (including phenoxy) is 2. The Kier molecular flexibility index (Phi) is 7.55. The standard InChI is InChI=1S/C18H28N2O4/c1-7-24-15-9-8-14(10-16(15)23-6)12(4)19-18(22)17(11(2)3)20-13(5)21/h8-12,17H,7H2,1-6H3,(H,19,22)(H,20,21). The highest BCUT2D eigenvalue weighted by molar-refractivity contribution is 5.87. The van der Waals surface area contributed by atoms with Crippen molar-refractivity contribution in [3.63, 3.8) is 0 Å². The first-order valence-electron chi connectivity index (χ1n) is 8.18. The molecule has 6 heteroatoms. The molecule has 1 rings (SSSR count). The topological polar surface area (TPSA) is 76.7 Å². The van der Waals surface area contributed by atoms with Crippen molar-refractivity contribution < 1.29 is 19.1 Å². The Labute approximate surface area is 143 Å². The highest BCUT2D eigenvalue weighted by Crippen LogP contribution is 2.30. The van der Waals surface area contributed by atoms with Crippen LogP contribution in [-0.2, 0) is 9.59 Å². The van der Waals surface area contributed by atoms with Crippen LogP contribution in [0.5, 0.6) is 11.5 Å². The third kappa shape index (κ3) is 5.44. The molecule has 0 saturated heterocycles. The van der Waals surface area contributed by atoms with E-state index in [-0.39, 0.29) is 23.8 Å². The third-order valence-electron chi connectivity index (χ3n) is 3.65. The molecule has 0 saturated carbocycles. The van der Waals surface area contributed by atoms with Gasteiger partial charge >= 0.3 is 0 Å².